The summed E-state index contributed by atoms with van der Waals surface area (Å²) < 4.78 is 16.8. The van der Waals surface area contributed by atoms with E-state index in [1.165, 1.54) is 167 Å². The Morgan fingerprint density at radius 3 is 0.873 bits per heavy atom. The molecule has 0 saturated carbocycles. The third kappa shape index (κ3) is 57.4. The fourth-order valence-electron chi connectivity index (χ4n) is 8.28. The number of ether oxygens (including phenoxy) is 3. The van der Waals surface area contributed by atoms with Crippen molar-refractivity contribution in [2.45, 2.75) is 297 Å². The quantitative estimate of drug-likeness (QED) is 0.0261. The predicted octanol–water partition coefficient (Wildman–Crippen LogP) is 20.3. The lowest BCUT2D eigenvalue weighted by atomic mass is 10.1. The first-order chi connectivity index (χ1) is 35.0. The van der Waals surface area contributed by atoms with Crippen LogP contribution in [0.2, 0.25) is 0 Å². The Labute approximate surface area is 439 Å². The average Bonchev–Trinajstić information content (AvgIpc) is 3.37. The van der Waals surface area contributed by atoms with Gasteiger partial charge in [0.05, 0.1) is 0 Å². The SMILES string of the molecule is CCCCC/C=C\C/C=C\CCCCCCCCCCCC(=O)OC[C@H](COC(=O)CCC/C=C\C/C=C\C/C=C\CCCCCCCC)OC(=O)CCCCCCCCC/C=C\C/C=C\CCCCC. The van der Waals surface area contributed by atoms with E-state index in [0.29, 0.717) is 19.3 Å². The molecule has 1 atom stereocenters. The minimum absolute atomic E-state index is 0.0973. The lowest BCUT2D eigenvalue weighted by Gasteiger charge is -2.18. The second-order valence-corrected chi connectivity index (χ2v) is 19.9. The Morgan fingerprint density at radius 2 is 0.521 bits per heavy atom. The molecule has 0 aromatic heterocycles. The van der Waals surface area contributed by atoms with Crippen LogP contribution in [0.3, 0.4) is 0 Å². The second kappa shape index (κ2) is 59.2. The molecule has 0 saturated heterocycles. The molecule has 0 spiro atoms. The van der Waals surface area contributed by atoms with E-state index in [1.54, 1.807) is 0 Å². The first-order valence-corrected chi connectivity index (χ1v) is 30.1. The minimum atomic E-state index is -0.804. The monoisotopic (exact) mass is 989 g/mol. The van der Waals surface area contributed by atoms with Crippen molar-refractivity contribution >= 4 is 17.9 Å². The van der Waals surface area contributed by atoms with E-state index < -0.39 is 6.10 Å². The van der Waals surface area contributed by atoms with Crippen LogP contribution in [0, 0.1) is 0 Å². The largest absolute Gasteiger partial charge is 0.462 e. The van der Waals surface area contributed by atoms with Crippen LogP contribution in [-0.4, -0.2) is 37.2 Å². The maximum Gasteiger partial charge on any atom is 0.306 e. The van der Waals surface area contributed by atoms with Gasteiger partial charge in [0.1, 0.15) is 13.2 Å². The maximum atomic E-state index is 12.9. The Bertz CT molecular complexity index is 1370. The summed E-state index contributed by atoms with van der Waals surface area (Å²) in [5.41, 5.74) is 0. The highest BCUT2D eigenvalue weighted by Crippen LogP contribution is 2.15. The minimum Gasteiger partial charge on any atom is -0.462 e. The Balaban J connectivity index is 4.46. The molecule has 0 rings (SSSR count). The summed E-state index contributed by atoms with van der Waals surface area (Å²) in [6.07, 6.45) is 77.2. The van der Waals surface area contributed by atoms with Crippen molar-refractivity contribution in [3.05, 3.63) is 85.1 Å². The second-order valence-electron chi connectivity index (χ2n) is 19.9. The van der Waals surface area contributed by atoms with Gasteiger partial charge in [-0.15, -0.1) is 0 Å². The zero-order valence-electron chi connectivity index (χ0n) is 46.7. The smallest absolute Gasteiger partial charge is 0.306 e. The number of allylic oxidation sites excluding steroid dienone is 14. The third-order valence-electron chi connectivity index (χ3n) is 12.8. The molecule has 6 heteroatoms. The zero-order chi connectivity index (χ0) is 51.4. The lowest BCUT2D eigenvalue weighted by Crippen LogP contribution is -2.30. The van der Waals surface area contributed by atoms with Crippen molar-refractivity contribution in [2.24, 2.45) is 0 Å². The van der Waals surface area contributed by atoms with Crippen LogP contribution in [0.5, 0.6) is 0 Å². The number of esters is 3. The Hall–Kier alpha value is -3.41. The standard InChI is InChI=1S/C65H112O6/c1-4-7-10-13-16-19-22-25-28-31-32-35-37-40-43-46-49-52-55-58-64(67)70-61-62(71-65(68)59-56-53-50-47-44-41-38-34-30-27-24-21-18-15-12-9-6-3)60-69-63(66)57-54-51-48-45-42-39-36-33-29-26-23-20-17-14-11-8-5-2/h16,18-19,21,25-30,36,39,45,48,62H,4-15,17,20,22-24,31-35,37-38,40-44,46-47,49-61H2,1-3H3/b19-16-,21-18-,28-25-,29-26-,30-27-,39-36-,48-45-/t62-/m0/s1. The third-order valence-corrected chi connectivity index (χ3v) is 12.8. The summed E-state index contributed by atoms with van der Waals surface area (Å²) in [5, 5.41) is 0. The fraction of sp³-hybridized carbons (Fsp3) is 0.738. The van der Waals surface area contributed by atoms with Crippen LogP contribution in [0.4, 0.5) is 0 Å². The fourth-order valence-corrected chi connectivity index (χ4v) is 8.28. The molecule has 0 radical (unpaired) electrons. The van der Waals surface area contributed by atoms with Gasteiger partial charge in [-0.05, 0) is 116 Å². The van der Waals surface area contributed by atoms with Crippen LogP contribution >= 0.6 is 0 Å². The van der Waals surface area contributed by atoms with Gasteiger partial charge < -0.3 is 14.2 Å². The zero-order valence-corrected chi connectivity index (χ0v) is 46.7. The summed E-state index contributed by atoms with van der Waals surface area (Å²) in [4.78, 5) is 38.2. The number of carbonyl (C=O) groups is 3. The molecule has 0 unspecified atom stereocenters. The lowest BCUT2D eigenvalue weighted by molar-refractivity contribution is -0.167. The molecule has 408 valence electrons. The number of hydrogen-bond donors (Lipinski definition) is 0. The van der Waals surface area contributed by atoms with Gasteiger partial charge in [-0.2, -0.15) is 0 Å². The molecule has 0 heterocycles. The molecule has 71 heavy (non-hydrogen) atoms. The first-order valence-electron chi connectivity index (χ1n) is 30.1. The van der Waals surface area contributed by atoms with Gasteiger partial charge in [-0.1, -0.05) is 241 Å². The first kappa shape index (κ1) is 67.6. The van der Waals surface area contributed by atoms with Crippen molar-refractivity contribution in [3.63, 3.8) is 0 Å². The highest BCUT2D eigenvalue weighted by atomic mass is 16.6. The van der Waals surface area contributed by atoms with Gasteiger partial charge in [0, 0.05) is 19.3 Å². The molecule has 0 aliphatic carbocycles. The van der Waals surface area contributed by atoms with Gasteiger partial charge in [0.2, 0.25) is 0 Å². The molecular weight excluding hydrogens is 877 g/mol. The molecule has 0 fully saturated rings. The van der Waals surface area contributed by atoms with Crippen molar-refractivity contribution in [1.82, 2.24) is 0 Å². The van der Waals surface area contributed by atoms with Gasteiger partial charge >= 0.3 is 17.9 Å². The van der Waals surface area contributed by atoms with Crippen molar-refractivity contribution in [2.75, 3.05) is 13.2 Å². The van der Waals surface area contributed by atoms with E-state index in [4.69, 9.17) is 14.2 Å². The highest BCUT2D eigenvalue weighted by Gasteiger charge is 2.19. The number of hydrogen-bond acceptors (Lipinski definition) is 6. The van der Waals surface area contributed by atoms with Crippen LogP contribution in [0.15, 0.2) is 85.1 Å². The normalized spacial score (nSPS) is 12.7. The van der Waals surface area contributed by atoms with E-state index in [-0.39, 0.29) is 37.5 Å². The van der Waals surface area contributed by atoms with Crippen LogP contribution in [-0.2, 0) is 28.6 Å². The van der Waals surface area contributed by atoms with Gasteiger partial charge in [-0.25, -0.2) is 0 Å². The highest BCUT2D eigenvalue weighted by molar-refractivity contribution is 5.71. The van der Waals surface area contributed by atoms with Crippen LogP contribution < -0.4 is 0 Å². The maximum absolute atomic E-state index is 12.9. The van der Waals surface area contributed by atoms with Crippen molar-refractivity contribution in [3.8, 4) is 0 Å². The summed E-state index contributed by atoms with van der Waals surface area (Å²) in [6.45, 7) is 6.55. The Kier molecular flexibility index (Phi) is 56.3. The molecule has 0 aromatic rings. The van der Waals surface area contributed by atoms with Gasteiger partial charge in [0.25, 0.3) is 0 Å². The topological polar surface area (TPSA) is 78.9 Å². The van der Waals surface area contributed by atoms with Crippen molar-refractivity contribution < 1.29 is 28.6 Å². The molecule has 0 aliphatic rings. The van der Waals surface area contributed by atoms with E-state index in [9.17, 15) is 14.4 Å². The van der Waals surface area contributed by atoms with E-state index in [0.717, 1.165) is 77.0 Å². The molecule has 0 amide bonds. The predicted molar refractivity (Wildman–Crippen MR) is 307 cm³/mol. The number of carbonyl (C=O) groups excluding carboxylic acids is 3. The van der Waals surface area contributed by atoms with E-state index >= 15 is 0 Å². The van der Waals surface area contributed by atoms with Crippen LogP contribution in [0.25, 0.3) is 0 Å². The summed E-state index contributed by atoms with van der Waals surface area (Å²) in [6, 6.07) is 0. The van der Waals surface area contributed by atoms with Crippen LogP contribution in [0.1, 0.15) is 290 Å². The average molecular weight is 990 g/mol. The molecular formula is C65H112O6. The van der Waals surface area contributed by atoms with Gasteiger partial charge in [-0.3, -0.25) is 14.4 Å². The molecule has 6 nitrogen and oxygen atoms in total. The summed E-state index contributed by atoms with van der Waals surface area (Å²) in [5.74, 6) is -0.956. The molecule has 0 bridgehead atoms. The number of unbranched alkanes of at least 4 members (excludes halogenated alkanes) is 29. The molecule has 0 N–H and O–H groups in total. The van der Waals surface area contributed by atoms with E-state index in [2.05, 4.69) is 106 Å². The van der Waals surface area contributed by atoms with Crippen molar-refractivity contribution in [1.29, 1.82) is 0 Å². The van der Waals surface area contributed by atoms with Gasteiger partial charge in [0.15, 0.2) is 6.10 Å². The Morgan fingerprint density at radius 1 is 0.282 bits per heavy atom. The summed E-state index contributed by atoms with van der Waals surface area (Å²) >= 11 is 0. The molecule has 0 aromatic carbocycles. The molecule has 0 aliphatic heterocycles. The number of rotatable bonds is 54. The van der Waals surface area contributed by atoms with E-state index in [1.807, 2.05) is 0 Å². The summed E-state index contributed by atoms with van der Waals surface area (Å²) in [7, 11) is 0.